The van der Waals surface area contributed by atoms with E-state index in [4.69, 9.17) is 30.6 Å². The fraction of sp³-hybridized carbons (Fsp3) is 0.857. The second kappa shape index (κ2) is 6.02. The highest BCUT2D eigenvalue weighted by Gasteiger charge is 2.32. The molecule has 6 N–H and O–H groups in total. The summed E-state index contributed by atoms with van der Waals surface area (Å²) in [6.45, 7) is -1.70. The predicted molar refractivity (Wildman–Crippen MR) is 43.2 cm³/mol. The Balaban J connectivity index is 4.31. The third-order valence-electron chi connectivity index (χ3n) is 1.69. The maximum atomic E-state index is 11.0. The predicted octanol–water partition coefficient (Wildman–Crippen LogP) is -4.02. The molecule has 0 fully saturated rings. The molecule has 4 unspecified atom stereocenters. The van der Waals surface area contributed by atoms with Gasteiger partial charge in [-0.05, 0) is 0 Å². The van der Waals surface area contributed by atoms with E-state index in [9.17, 15) is 4.79 Å². The Labute approximate surface area is 79.9 Å². The number of hydrogen-bond acceptors (Lipinski definition) is 7. The van der Waals surface area contributed by atoms with Gasteiger partial charge < -0.3 is 30.6 Å². The van der Waals surface area contributed by atoms with Crippen LogP contribution in [0, 0.1) is 0 Å². The van der Waals surface area contributed by atoms with Gasteiger partial charge in [0.15, 0.2) is 5.78 Å². The summed E-state index contributed by atoms with van der Waals surface area (Å²) in [5.41, 5.74) is 0. The van der Waals surface area contributed by atoms with Gasteiger partial charge in [0.2, 0.25) is 0 Å². The van der Waals surface area contributed by atoms with Crippen molar-refractivity contribution >= 4 is 5.78 Å². The van der Waals surface area contributed by atoms with Crippen molar-refractivity contribution in [3.05, 3.63) is 0 Å². The number of aliphatic hydroxyl groups excluding tert-OH is 6. The molecule has 7 nitrogen and oxygen atoms in total. The van der Waals surface area contributed by atoms with Crippen LogP contribution in [0.25, 0.3) is 0 Å². The molecule has 0 spiro atoms. The van der Waals surface area contributed by atoms with Crippen LogP contribution in [0.3, 0.4) is 0 Å². The highest BCUT2D eigenvalue weighted by molar-refractivity contribution is 5.88. The molecule has 7 heteroatoms. The quantitative estimate of drug-likeness (QED) is 0.262. The lowest BCUT2D eigenvalue weighted by Crippen LogP contribution is -2.47. The Morgan fingerprint density at radius 3 is 1.36 bits per heavy atom. The average molecular weight is 210 g/mol. The molecule has 0 amide bonds. The van der Waals surface area contributed by atoms with E-state index in [1.54, 1.807) is 0 Å². The summed E-state index contributed by atoms with van der Waals surface area (Å²) in [5.74, 6) is -1.26. The molecule has 0 radical (unpaired) electrons. The summed E-state index contributed by atoms with van der Waals surface area (Å²) >= 11 is 0. The zero-order chi connectivity index (χ0) is 11.3. The molecule has 0 aromatic carbocycles. The Morgan fingerprint density at radius 2 is 1.14 bits per heavy atom. The first kappa shape index (κ1) is 13.4. The molecule has 0 saturated heterocycles. The van der Waals surface area contributed by atoms with Crippen LogP contribution in [-0.4, -0.2) is 74.1 Å². The monoisotopic (exact) mass is 210 g/mol. The maximum Gasteiger partial charge on any atom is 0.195 e. The lowest BCUT2D eigenvalue weighted by molar-refractivity contribution is -0.150. The molecular weight excluding hydrogens is 196 g/mol. The number of hydrogen-bond donors (Lipinski definition) is 6. The summed E-state index contributed by atoms with van der Waals surface area (Å²) in [6.07, 6.45) is -7.42. The van der Waals surface area contributed by atoms with Crippen LogP contribution in [0.15, 0.2) is 0 Å². The van der Waals surface area contributed by atoms with Crippen molar-refractivity contribution in [2.24, 2.45) is 0 Å². The van der Waals surface area contributed by atoms with Crippen molar-refractivity contribution in [2.75, 3.05) is 13.2 Å². The zero-order valence-corrected chi connectivity index (χ0v) is 7.32. The largest absolute Gasteiger partial charge is 0.394 e. The summed E-state index contributed by atoms with van der Waals surface area (Å²) in [4.78, 5) is 11.0. The van der Waals surface area contributed by atoms with Crippen molar-refractivity contribution < 1.29 is 35.4 Å². The minimum absolute atomic E-state index is 0.852. The molecule has 14 heavy (non-hydrogen) atoms. The second-order valence-electron chi connectivity index (χ2n) is 2.79. The lowest BCUT2D eigenvalue weighted by Gasteiger charge is -2.20. The number of carbonyl (C=O) groups excluding carboxylic acids is 1. The number of Topliss-reactive ketones (excluding diaryl/α,β-unsaturated/α-hetero) is 1. The number of aliphatic hydroxyl groups is 6. The van der Waals surface area contributed by atoms with E-state index in [1.165, 1.54) is 0 Å². The van der Waals surface area contributed by atoms with E-state index in [-0.39, 0.29) is 0 Å². The van der Waals surface area contributed by atoms with Gasteiger partial charge in [-0.1, -0.05) is 0 Å². The van der Waals surface area contributed by atoms with E-state index < -0.39 is 43.4 Å². The number of rotatable bonds is 6. The summed E-state index contributed by atoms with van der Waals surface area (Å²) < 4.78 is 0. The van der Waals surface area contributed by atoms with Crippen LogP contribution in [0.2, 0.25) is 0 Å². The maximum absolute atomic E-state index is 11.0. The van der Waals surface area contributed by atoms with Gasteiger partial charge in [0.05, 0.1) is 13.2 Å². The van der Waals surface area contributed by atoms with Gasteiger partial charge in [-0.25, -0.2) is 0 Å². The number of ketones is 1. The molecule has 4 atom stereocenters. The van der Waals surface area contributed by atoms with Gasteiger partial charge in [0.25, 0.3) is 0 Å². The highest BCUT2D eigenvalue weighted by Crippen LogP contribution is 2.02. The molecule has 84 valence electrons. The van der Waals surface area contributed by atoms with Crippen molar-refractivity contribution in [3.8, 4) is 0 Å². The van der Waals surface area contributed by atoms with E-state index in [0.717, 1.165) is 0 Å². The van der Waals surface area contributed by atoms with Crippen LogP contribution in [0.1, 0.15) is 0 Å². The molecule has 0 aliphatic heterocycles. The van der Waals surface area contributed by atoms with Crippen molar-refractivity contribution in [2.45, 2.75) is 24.4 Å². The van der Waals surface area contributed by atoms with Gasteiger partial charge in [0, 0.05) is 0 Å². The minimum atomic E-state index is -1.99. The van der Waals surface area contributed by atoms with Gasteiger partial charge in [-0.2, -0.15) is 0 Å². The van der Waals surface area contributed by atoms with Crippen molar-refractivity contribution in [1.29, 1.82) is 0 Å². The Bertz CT molecular complexity index is 165. The molecule has 0 saturated carbocycles. The first-order chi connectivity index (χ1) is 6.45. The Morgan fingerprint density at radius 1 is 0.857 bits per heavy atom. The molecule has 0 aliphatic carbocycles. The number of carbonyl (C=O) groups is 1. The van der Waals surface area contributed by atoms with Crippen LogP contribution in [0.5, 0.6) is 0 Å². The molecular formula is C7H14O7. The van der Waals surface area contributed by atoms with Crippen molar-refractivity contribution in [3.63, 3.8) is 0 Å². The average Bonchev–Trinajstić information content (AvgIpc) is 2.23. The summed E-state index contributed by atoms with van der Waals surface area (Å²) in [7, 11) is 0. The lowest BCUT2D eigenvalue weighted by atomic mass is 10.0. The van der Waals surface area contributed by atoms with Crippen LogP contribution < -0.4 is 0 Å². The van der Waals surface area contributed by atoms with E-state index >= 15 is 0 Å². The fourth-order valence-electron chi connectivity index (χ4n) is 0.754. The van der Waals surface area contributed by atoms with Crippen LogP contribution in [0.4, 0.5) is 0 Å². The van der Waals surface area contributed by atoms with E-state index in [0.29, 0.717) is 0 Å². The van der Waals surface area contributed by atoms with Crippen LogP contribution >= 0.6 is 0 Å². The SMILES string of the molecule is O=C(C(O)C(O)CO)C(O)C(O)CO. The zero-order valence-electron chi connectivity index (χ0n) is 7.32. The third-order valence-corrected chi connectivity index (χ3v) is 1.69. The normalized spacial score (nSPS) is 19.9. The van der Waals surface area contributed by atoms with E-state index in [2.05, 4.69) is 0 Å². The summed E-state index contributed by atoms with van der Waals surface area (Å²) in [5, 5.41) is 52.4. The third kappa shape index (κ3) is 3.29. The molecule has 0 aromatic heterocycles. The molecule has 0 heterocycles. The van der Waals surface area contributed by atoms with Gasteiger partial charge in [-0.3, -0.25) is 4.79 Å². The molecule has 0 rings (SSSR count). The minimum Gasteiger partial charge on any atom is -0.394 e. The Kier molecular flexibility index (Phi) is 5.77. The van der Waals surface area contributed by atoms with Crippen molar-refractivity contribution in [1.82, 2.24) is 0 Å². The first-order valence-corrected chi connectivity index (χ1v) is 3.93. The fourth-order valence-corrected chi connectivity index (χ4v) is 0.754. The van der Waals surface area contributed by atoms with Gasteiger partial charge >= 0.3 is 0 Å². The van der Waals surface area contributed by atoms with Gasteiger partial charge in [0.1, 0.15) is 24.4 Å². The topological polar surface area (TPSA) is 138 Å². The molecule has 0 aliphatic rings. The second-order valence-corrected chi connectivity index (χ2v) is 2.79. The van der Waals surface area contributed by atoms with Gasteiger partial charge in [-0.15, -0.1) is 0 Å². The Hall–Kier alpha value is -0.570. The summed E-state index contributed by atoms with van der Waals surface area (Å²) in [6, 6.07) is 0. The van der Waals surface area contributed by atoms with E-state index in [1.807, 2.05) is 0 Å². The molecule has 0 aromatic rings. The molecule has 0 bridgehead atoms. The standard InChI is InChI=1S/C7H14O7/c8-1-3(10)5(12)7(14)6(13)4(11)2-9/h3-6,8-13H,1-2H2. The highest BCUT2D eigenvalue weighted by atomic mass is 16.4. The van der Waals surface area contributed by atoms with Crippen LogP contribution in [-0.2, 0) is 4.79 Å². The first-order valence-electron chi connectivity index (χ1n) is 3.93. The smallest absolute Gasteiger partial charge is 0.195 e.